The van der Waals surface area contributed by atoms with Crippen LogP contribution in [-0.4, -0.2) is 71.1 Å². The van der Waals surface area contributed by atoms with Gasteiger partial charge in [-0.15, -0.1) is 13.2 Å². The van der Waals surface area contributed by atoms with Gasteiger partial charge in [0.25, 0.3) is 0 Å². The summed E-state index contributed by atoms with van der Waals surface area (Å²) in [7, 11) is 2.04. The largest absolute Gasteiger partial charge is 0.444 e. The summed E-state index contributed by atoms with van der Waals surface area (Å²) in [5.41, 5.74) is 0.790. The second kappa shape index (κ2) is 10.7. The Hall–Kier alpha value is -2.03. The van der Waals surface area contributed by atoms with Gasteiger partial charge >= 0.3 is 6.09 Å². The zero-order valence-electron chi connectivity index (χ0n) is 20.7. The lowest BCUT2D eigenvalue weighted by Crippen LogP contribution is -2.46. The lowest BCUT2D eigenvalue weighted by atomic mass is 9.94. The molecule has 1 saturated carbocycles. The quantitative estimate of drug-likeness (QED) is 0.236. The highest BCUT2D eigenvalue weighted by Crippen LogP contribution is 2.60. The maximum Gasteiger partial charge on any atom is 0.411 e. The zero-order valence-corrected chi connectivity index (χ0v) is 22.3. The number of hydrogen-bond donors (Lipinski definition) is 0. The minimum Gasteiger partial charge on any atom is -0.444 e. The van der Waals surface area contributed by atoms with Crippen LogP contribution in [-0.2, 0) is 27.3 Å². The van der Waals surface area contributed by atoms with Crippen molar-refractivity contribution in [2.24, 2.45) is 5.41 Å². The first-order valence-electron chi connectivity index (χ1n) is 11.7. The van der Waals surface area contributed by atoms with Gasteiger partial charge in [0, 0.05) is 24.5 Å². The highest BCUT2D eigenvalue weighted by Gasteiger charge is 2.67. The zero-order chi connectivity index (χ0) is 25.1. The number of carbonyl (C=O) groups is 2. The lowest BCUT2D eigenvalue weighted by molar-refractivity contribution is -0.123. The Labute approximate surface area is 211 Å². The van der Waals surface area contributed by atoms with E-state index in [1.807, 2.05) is 46.0 Å². The summed E-state index contributed by atoms with van der Waals surface area (Å²) >= 11 is 3.41. The predicted octanol–water partition coefficient (Wildman–Crippen LogP) is 4.54. The molecule has 0 radical (unpaired) electrons. The summed E-state index contributed by atoms with van der Waals surface area (Å²) < 4.78 is 12.0. The molecule has 1 amide bonds. The van der Waals surface area contributed by atoms with Crippen LogP contribution in [0.1, 0.15) is 44.9 Å². The van der Waals surface area contributed by atoms with Gasteiger partial charge in [-0.25, -0.2) is 9.78 Å². The van der Waals surface area contributed by atoms with Crippen LogP contribution in [0.2, 0.25) is 0 Å². The van der Waals surface area contributed by atoms with E-state index in [9.17, 15) is 9.59 Å². The molecular weight excluding hydrogens is 498 g/mol. The average molecular weight is 534 g/mol. The number of carbonyl (C=O) groups excluding carboxylic acids is 2. The van der Waals surface area contributed by atoms with E-state index in [4.69, 9.17) is 9.47 Å². The van der Waals surface area contributed by atoms with Crippen LogP contribution in [0.5, 0.6) is 0 Å². The number of ether oxygens (including phenoxy) is 2. The van der Waals surface area contributed by atoms with Gasteiger partial charge in [-0.05, 0) is 68.2 Å². The first-order valence-corrected chi connectivity index (χ1v) is 12.5. The minimum absolute atomic E-state index is 0.00873. The van der Waals surface area contributed by atoms with Crippen molar-refractivity contribution in [1.29, 1.82) is 0 Å². The van der Waals surface area contributed by atoms with E-state index < -0.39 is 17.7 Å². The minimum atomic E-state index is -0.633. The Morgan fingerprint density at radius 3 is 2.68 bits per heavy atom. The van der Waals surface area contributed by atoms with Crippen molar-refractivity contribution >= 4 is 27.8 Å². The number of Topliss-reactive ketones (excluding diaryl/α,β-unsaturated/α-hetero) is 1. The number of nitrogens with zero attached hydrogens (tertiary/aromatic N) is 3. The number of aromatic nitrogens is 1. The molecule has 2 aliphatic rings. The lowest BCUT2D eigenvalue weighted by Gasteiger charge is -2.30. The van der Waals surface area contributed by atoms with Crippen LogP contribution in [0.15, 0.2) is 42.0 Å². The summed E-state index contributed by atoms with van der Waals surface area (Å²) in [6.45, 7) is 15.3. The van der Waals surface area contributed by atoms with E-state index in [1.54, 1.807) is 11.0 Å². The predicted molar refractivity (Wildman–Crippen MR) is 136 cm³/mol. The van der Waals surface area contributed by atoms with Gasteiger partial charge in [0.15, 0.2) is 5.78 Å². The van der Waals surface area contributed by atoms with E-state index in [2.05, 4.69) is 39.0 Å². The van der Waals surface area contributed by atoms with Crippen molar-refractivity contribution in [3.8, 4) is 0 Å². The molecule has 1 aromatic rings. The summed E-state index contributed by atoms with van der Waals surface area (Å²) in [5.74, 6) is -0.0284. The number of piperidine rings is 1. The highest BCUT2D eigenvalue weighted by molar-refractivity contribution is 9.10. The molecule has 0 N–H and O–H groups in total. The molecule has 1 aliphatic carbocycles. The Morgan fingerprint density at radius 1 is 1.29 bits per heavy atom. The molecular formula is C26H36BrN3O4. The van der Waals surface area contributed by atoms with Crippen LogP contribution < -0.4 is 0 Å². The molecule has 1 aromatic heterocycles. The maximum atomic E-state index is 13.6. The normalized spacial score (nSPS) is 23.5. The molecule has 2 heterocycles. The van der Waals surface area contributed by atoms with Gasteiger partial charge in [-0.2, -0.15) is 0 Å². The van der Waals surface area contributed by atoms with Crippen molar-refractivity contribution < 1.29 is 19.1 Å². The van der Waals surface area contributed by atoms with Crippen LogP contribution >= 0.6 is 15.9 Å². The number of rotatable bonds is 11. The van der Waals surface area contributed by atoms with Crippen LogP contribution in [0.3, 0.4) is 0 Å². The molecule has 2 fully saturated rings. The van der Waals surface area contributed by atoms with Gasteiger partial charge in [0.05, 0.1) is 31.4 Å². The molecule has 8 heteroatoms. The average Bonchev–Trinajstić information content (AvgIpc) is 3.30. The summed E-state index contributed by atoms with van der Waals surface area (Å²) in [5, 5.41) is 0. The van der Waals surface area contributed by atoms with Crippen molar-refractivity contribution in [3.05, 3.63) is 53.3 Å². The molecule has 3 rings (SSSR count). The Bertz CT molecular complexity index is 944. The van der Waals surface area contributed by atoms with Crippen molar-refractivity contribution in [3.63, 3.8) is 0 Å². The second-order valence-corrected chi connectivity index (χ2v) is 11.2. The number of likely N-dealkylation sites (N-methyl/N-ethyl adjacent to an activating group) is 1. The third-order valence-electron chi connectivity index (χ3n) is 6.29. The molecule has 0 unspecified atom stereocenters. The maximum absolute atomic E-state index is 13.6. The Kier molecular flexibility index (Phi) is 8.37. The van der Waals surface area contributed by atoms with Gasteiger partial charge < -0.3 is 14.4 Å². The Balaban J connectivity index is 1.82. The Morgan fingerprint density at radius 2 is 2.03 bits per heavy atom. The van der Waals surface area contributed by atoms with Crippen LogP contribution in [0.25, 0.3) is 0 Å². The highest BCUT2D eigenvalue weighted by atomic mass is 79.9. The van der Waals surface area contributed by atoms with Crippen LogP contribution in [0.4, 0.5) is 4.79 Å². The number of amides is 1. The summed E-state index contributed by atoms with van der Waals surface area (Å²) in [6.07, 6.45) is 4.77. The fourth-order valence-electron chi connectivity index (χ4n) is 4.86. The third-order valence-corrected chi connectivity index (χ3v) is 6.73. The van der Waals surface area contributed by atoms with Gasteiger partial charge in [0.1, 0.15) is 10.2 Å². The SMILES string of the molecule is C=CCOCc1ccc(Br)nc1CC(=O)[C@@H]1C[C@@]2(CN(C)CC=C)C[C@H]2N1C(=O)OC(C)(C)C. The fourth-order valence-corrected chi connectivity index (χ4v) is 5.20. The monoisotopic (exact) mass is 533 g/mol. The van der Waals surface area contributed by atoms with Gasteiger partial charge in [0.2, 0.25) is 0 Å². The van der Waals surface area contributed by atoms with Gasteiger partial charge in [-0.3, -0.25) is 9.69 Å². The number of ketones is 1. The third kappa shape index (κ3) is 6.34. The van der Waals surface area contributed by atoms with E-state index in [-0.39, 0.29) is 23.7 Å². The van der Waals surface area contributed by atoms with Crippen LogP contribution in [0, 0.1) is 5.41 Å². The fraction of sp³-hybridized carbons (Fsp3) is 0.577. The number of fused-ring (bicyclic) bond motifs is 1. The van der Waals surface area contributed by atoms with Gasteiger partial charge in [-0.1, -0.05) is 18.2 Å². The molecule has 3 atom stereocenters. The molecule has 34 heavy (non-hydrogen) atoms. The standard InChI is InChI=1S/C26H36BrN3O4/c1-7-11-29(6)17-26-14-20(30(22(26)15-26)24(32)34-25(3,4)5)21(31)13-19-18(16-33-12-8-2)9-10-23(27)28-19/h7-10,20,22H,1-2,11-17H2,3-6H3/t20-,22+,26-/m0/s1. The summed E-state index contributed by atoms with van der Waals surface area (Å²) in [6, 6.07) is 3.22. The van der Waals surface area contributed by atoms with E-state index in [0.29, 0.717) is 29.9 Å². The number of halogens is 1. The number of pyridine rings is 1. The molecule has 186 valence electrons. The molecule has 0 spiro atoms. The molecule has 1 saturated heterocycles. The first kappa shape index (κ1) is 26.6. The number of hydrogen-bond acceptors (Lipinski definition) is 6. The molecule has 1 aliphatic heterocycles. The summed E-state index contributed by atoms with van der Waals surface area (Å²) in [4.78, 5) is 35.2. The topological polar surface area (TPSA) is 72.0 Å². The smallest absolute Gasteiger partial charge is 0.411 e. The molecule has 0 bridgehead atoms. The molecule has 7 nitrogen and oxygen atoms in total. The van der Waals surface area contributed by atoms with Crippen molar-refractivity contribution in [2.45, 2.75) is 64.3 Å². The first-order chi connectivity index (χ1) is 16.0. The van der Waals surface area contributed by atoms with E-state index in [0.717, 1.165) is 25.1 Å². The van der Waals surface area contributed by atoms with Crippen molar-refractivity contribution in [1.82, 2.24) is 14.8 Å². The van der Waals surface area contributed by atoms with E-state index in [1.165, 1.54) is 0 Å². The van der Waals surface area contributed by atoms with Crippen molar-refractivity contribution in [2.75, 3.05) is 26.7 Å². The van der Waals surface area contributed by atoms with E-state index >= 15 is 0 Å². The number of likely N-dealkylation sites (tertiary alicyclic amines) is 1. The molecule has 0 aromatic carbocycles. The second-order valence-electron chi connectivity index (χ2n) is 10.4.